The lowest BCUT2D eigenvalue weighted by Gasteiger charge is -2.08. The van der Waals surface area contributed by atoms with Crippen LogP contribution in [0.4, 0.5) is 17.6 Å². The number of halogens is 4. The van der Waals surface area contributed by atoms with E-state index in [1.807, 2.05) is 0 Å². The first-order valence-corrected chi connectivity index (χ1v) is 6.55. The number of rotatable bonds is 2. The van der Waals surface area contributed by atoms with Crippen LogP contribution in [0.1, 0.15) is 0 Å². The zero-order chi connectivity index (χ0) is 15.7. The summed E-state index contributed by atoms with van der Waals surface area (Å²) in [5, 5.41) is 0. The highest BCUT2D eigenvalue weighted by molar-refractivity contribution is 5.73. The second-order valence-electron chi connectivity index (χ2n) is 4.83. The summed E-state index contributed by atoms with van der Waals surface area (Å²) in [6.45, 7) is 0. The molecule has 0 nitrogen and oxygen atoms in total. The quantitative estimate of drug-likeness (QED) is 0.542. The summed E-state index contributed by atoms with van der Waals surface area (Å²) in [4.78, 5) is 0. The van der Waals surface area contributed by atoms with Gasteiger partial charge in [0.1, 0.15) is 23.3 Å². The summed E-state index contributed by atoms with van der Waals surface area (Å²) in [5.74, 6) is -2.72. The minimum atomic E-state index is -0.697. The molecule has 0 atom stereocenters. The minimum absolute atomic E-state index is 0.214. The van der Waals surface area contributed by atoms with Crippen LogP contribution in [0.3, 0.4) is 0 Å². The molecular formula is C18H10F4. The largest absolute Gasteiger partial charge is 0.207 e. The molecule has 3 rings (SSSR count). The first kappa shape index (κ1) is 14.3. The van der Waals surface area contributed by atoms with Crippen LogP contribution in [0, 0.1) is 23.3 Å². The van der Waals surface area contributed by atoms with Crippen LogP contribution in [0.2, 0.25) is 0 Å². The molecule has 0 amide bonds. The van der Waals surface area contributed by atoms with Gasteiger partial charge in [0, 0.05) is 23.3 Å². The van der Waals surface area contributed by atoms with Crippen LogP contribution in [0.5, 0.6) is 0 Å². The number of hydrogen-bond donors (Lipinski definition) is 0. The summed E-state index contributed by atoms with van der Waals surface area (Å²) in [6, 6.07) is 13.0. The minimum Gasteiger partial charge on any atom is -0.207 e. The molecule has 0 unspecified atom stereocenters. The van der Waals surface area contributed by atoms with Crippen molar-refractivity contribution in [3.05, 3.63) is 83.9 Å². The van der Waals surface area contributed by atoms with Crippen LogP contribution >= 0.6 is 0 Å². The van der Waals surface area contributed by atoms with Crippen LogP contribution < -0.4 is 0 Å². The van der Waals surface area contributed by atoms with Crippen molar-refractivity contribution in [2.75, 3.05) is 0 Å². The maximum Gasteiger partial charge on any atom is 0.133 e. The van der Waals surface area contributed by atoms with Crippen molar-refractivity contribution in [2.24, 2.45) is 0 Å². The Labute approximate surface area is 124 Å². The van der Waals surface area contributed by atoms with Gasteiger partial charge < -0.3 is 0 Å². The van der Waals surface area contributed by atoms with E-state index in [2.05, 4.69) is 0 Å². The average molecular weight is 302 g/mol. The fourth-order valence-corrected chi connectivity index (χ4v) is 2.30. The van der Waals surface area contributed by atoms with Gasteiger partial charge in [-0.2, -0.15) is 0 Å². The summed E-state index contributed by atoms with van der Waals surface area (Å²) in [7, 11) is 0. The first-order chi connectivity index (χ1) is 10.5. The lowest BCUT2D eigenvalue weighted by molar-refractivity contribution is 0.585. The molecule has 0 aliphatic carbocycles. The molecule has 0 saturated carbocycles. The van der Waals surface area contributed by atoms with Crippen LogP contribution in [-0.2, 0) is 0 Å². The Kier molecular flexibility index (Phi) is 3.67. The Morgan fingerprint density at radius 3 is 1.36 bits per heavy atom. The van der Waals surface area contributed by atoms with Crippen molar-refractivity contribution in [3.63, 3.8) is 0 Å². The highest BCUT2D eigenvalue weighted by atomic mass is 19.1. The Morgan fingerprint density at radius 1 is 0.500 bits per heavy atom. The summed E-state index contributed by atoms with van der Waals surface area (Å²) < 4.78 is 53.6. The van der Waals surface area contributed by atoms with Crippen molar-refractivity contribution in [2.45, 2.75) is 0 Å². The molecule has 0 aliphatic heterocycles. The fourth-order valence-electron chi connectivity index (χ4n) is 2.30. The molecule has 0 N–H and O–H groups in total. The Bertz CT molecular complexity index is 773. The van der Waals surface area contributed by atoms with Crippen molar-refractivity contribution in [3.8, 4) is 22.3 Å². The molecule has 0 heterocycles. The van der Waals surface area contributed by atoms with Gasteiger partial charge in [-0.05, 0) is 41.5 Å². The molecule has 0 aliphatic rings. The highest BCUT2D eigenvalue weighted by Crippen LogP contribution is 2.29. The number of benzene rings is 3. The normalized spacial score (nSPS) is 10.7. The molecule has 0 radical (unpaired) electrons. The molecule has 110 valence electrons. The second-order valence-corrected chi connectivity index (χ2v) is 4.83. The molecule has 0 spiro atoms. The first-order valence-electron chi connectivity index (χ1n) is 6.55. The highest BCUT2D eigenvalue weighted by Gasteiger charge is 2.10. The summed E-state index contributed by atoms with van der Waals surface area (Å²) in [6.07, 6.45) is 0. The summed E-state index contributed by atoms with van der Waals surface area (Å²) >= 11 is 0. The van der Waals surface area contributed by atoms with Gasteiger partial charge in [-0.1, -0.05) is 18.2 Å². The second kappa shape index (κ2) is 5.64. The standard InChI is InChI=1S/C18H10F4/c19-13-4-6-15(17(21)9-13)11-2-1-3-12(8-11)16-7-5-14(20)10-18(16)22/h1-10H. The lowest BCUT2D eigenvalue weighted by atomic mass is 9.98. The smallest absolute Gasteiger partial charge is 0.133 e. The number of hydrogen-bond acceptors (Lipinski definition) is 0. The predicted molar refractivity (Wildman–Crippen MR) is 77.1 cm³/mol. The van der Waals surface area contributed by atoms with E-state index in [0.717, 1.165) is 24.3 Å². The fraction of sp³-hybridized carbons (Fsp3) is 0. The van der Waals surface area contributed by atoms with Crippen LogP contribution in [-0.4, -0.2) is 0 Å². The molecule has 22 heavy (non-hydrogen) atoms. The van der Waals surface area contributed by atoms with Gasteiger partial charge in [0.2, 0.25) is 0 Å². The van der Waals surface area contributed by atoms with E-state index in [1.54, 1.807) is 24.3 Å². The van der Waals surface area contributed by atoms with E-state index in [-0.39, 0.29) is 11.1 Å². The molecule has 0 saturated heterocycles. The molecule has 0 fully saturated rings. The zero-order valence-corrected chi connectivity index (χ0v) is 11.3. The third-order valence-electron chi connectivity index (χ3n) is 3.35. The molecule has 3 aromatic carbocycles. The van der Waals surface area contributed by atoms with E-state index in [1.165, 1.54) is 12.1 Å². The lowest BCUT2D eigenvalue weighted by Crippen LogP contribution is -1.89. The van der Waals surface area contributed by atoms with Gasteiger partial charge in [-0.3, -0.25) is 0 Å². The SMILES string of the molecule is Fc1ccc(-c2cccc(-c3ccc(F)cc3F)c2)c(F)c1. The third-order valence-corrected chi connectivity index (χ3v) is 3.35. The molecule has 3 aromatic rings. The van der Waals surface area contributed by atoms with Crippen molar-refractivity contribution >= 4 is 0 Å². The average Bonchev–Trinajstić information content (AvgIpc) is 2.47. The molecular weight excluding hydrogens is 292 g/mol. The van der Waals surface area contributed by atoms with E-state index in [0.29, 0.717) is 11.1 Å². The maximum atomic E-state index is 13.8. The van der Waals surface area contributed by atoms with Crippen LogP contribution in [0.25, 0.3) is 22.3 Å². The molecule has 0 aromatic heterocycles. The van der Waals surface area contributed by atoms with E-state index < -0.39 is 23.3 Å². The zero-order valence-electron chi connectivity index (χ0n) is 11.3. The Balaban J connectivity index is 2.10. The van der Waals surface area contributed by atoms with Crippen molar-refractivity contribution in [1.29, 1.82) is 0 Å². The van der Waals surface area contributed by atoms with Gasteiger partial charge in [0.25, 0.3) is 0 Å². The van der Waals surface area contributed by atoms with Crippen molar-refractivity contribution < 1.29 is 17.6 Å². The molecule has 4 heteroatoms. The molecule has 0 bridgehead atoms. The van der Waals surface area contributed by atoms with E-state index >= 15 is 0 Å². The van der Waals surface area contributed by atoms with E-state index in [9.17, 15) is 17.6 Å². The maximum absolute atomic E-state index is 13.8. The summed E-state index contributed by atoms with van der Waals surface area (Å²) in [5.41, 5.74) is 1.40. The monoisotopic (exact) mass is 302 g/mol. The van der Waals surface area contributed by atoms with Gasteiger partial charge in [0.05, 0.1) is 0 Å². The van der Waals surface area contributed by atoms with Crippen molar-refractivity contribution in [1.82, 2.24) is 0 Å². The van der Waals surface area contributed by atoms with Gasteiger partial charge >= 0.3 is 0 Å². The topological polar surface area (TPSA) is 0 Å². The van der Waals surface area contributed by atoms with Gasteiger partial charge in [-0.15, -0.1) is 0 Å². The van der Waals surface area contributed by atoms with Gasteiger partial charge in [-0.25, -0.2) is 17.6 Å². The predicted octanol–water partition coefficient (Wildman–Crippen LogP) is 5.58. The van der Waals surface area contributed by atoms with Gasteiger partial charge in [0.15, 0.2) is 0 Å². The third kappa shape index (κ3) is 2.72. The Morgan fingerprint density at radius 2 is 0.955 bits per heavy atom. The van der Waals surface area contributed by atoms with Crippen LogP contribution in [0.15, 0.2) is 60.7 Å². The Hall–Kier alpha value is -2.62. The van der Waals surface area contributed by atoms with E-state index in [4.69, 9.17) is 0 Å².